The number of carbonyl (C=O) groups excluding carboxylic acids is 2. The van der Waals surface area contributed by atoms with Gasteiger partial charge in [0.15, 0.2) is 0 Å². The van der Waals surface area contributed by atoms with Gasteiger partial charge in [-0.25, -0.2) is 0 Å². The smallest absolute Gasteiger partial charge is 0.245 e. The lowest BCUT2D eigenvalue weighted by atomic mass is 10.0. The van der Waals surface area contributed by atoms with Crippen LogP contribution < -0.4 is 4.74 Å². The summed E-state index contributed by atoms with van der Waals surface area (Å²) >= 11 is 0. The monoisotopic (exact) mass is 380 g/mol. The van der Waals surface area contributed by atoms with Gasteiger partial charge in [-0.05, 0) is 41.7 Å². The number of benzene rings is 2. The Morgan fingerprint density at radius 3 is 2.11 bits per heavy atom. The number of nitrogens with zero attached hydrogens (tertiary/aromatic N) is 2. The predicted octanol–water partition coefficient (Wildman–Crippen LogP) is 3.58. The van der Waals surface area contributed by atoms with Gasteiger partial charge in [0.1, 0.15) is 18.3 Å². The third kappa shape index (κ3) is 4.35. The summed E-state index contributed by atoms with van der Waals surface area (Å²) in [5.41, 5.74) is 3.29. The van der Waals surface area contributed by atoms with E-state index in [1.807, 2.05) is 43.3 Å². The molecule has 148 valence electrons. The highest BCUT2D eigenvalue weighted by Gasteiger charge is 2.36. The quantitative estimate of drug-likeness (QED) is 0.770. The minimum absolute atomic E-state index is 0.0192. The highest BCUT2D eigenvalue weighted by atomic mass is 16.5. The van der Waals surface area contributed by atoms with Gasteiger partial charge in [0.2, 0.25) is 11.8 Å². The third-order valence-electron chi connectivity index (χ3n) is 5.31. The molecule has 0 aliphatic carbocycles. The van der Waals surface area contributed by atoms with Crippen molar-refractivity contribution in [2.45, 2.75) is 45.8 Å². The lowest BCUT2D eigenvalue weighted by Gasteiger charge is -2.39. The summed E-state index contributed by atoms with van der Waals surface area (Å²) < 4.78 is 5.16. The molecule has 1 atom stereocenters. The Morgan fingerprint density at radius 2 is 1.54 bits per heavy atom. The first-order chi connectivity index (χ1) is 13.4. The molecule has 1 aliphatic rings. The molecule has 2 aromatic carbocycles. The summed E-state index contributed by atoms with van der Waals surface area (Å²) in [5, 5.41) is 0. The molecule has 0 aromatic heterocycles. The largest absolute Gasteiger partial charge is 0.497 e. The number of hydrogen-bond acceptors (Lipinski definition) is 3. The fourth-order valence-corrected chi connectivity index (χ4v) is 3.46. The Labute approximate surface area is 166 Å². The molecule has 3 rings (SSSR count). The van der Waals surface area contributed by atoms with Gasteiger partial charge in [0, 0.05) is 13.1 Å². The average Bonchev–Trinajstić information content (AvgIpc) is 2.70. The molecule has 5 heteroatoms. The molecule has 1 heterocycles. The lowest BCUT2D eigenvalue weighted by Crippen LogP contribution is -2.57. The molecule has 2 amide bonds. The van der Waals surface area contributed by atoms with E-state index in [1.165, 1.54) is 5.56 Å². The van der Waals surface area contributed by atoms with Gasteiger partial charge in [-0.1, -0.05) is 50.2 Å². The summed E-state index contributed by atoms with van der Waals surface area (Å²) in [4.78, 5) is 28.9. The van der Waals surface area contributed by atoms with Gasteiger partial charge >= 0.3 is 0 Å². The zero-order chi connectivity index (χ0) is 20.3. The van der Waals surface area contributed by atoms with Crippen LogP contribution in [0.4, 0.5) is 0 Å². The Bertz CT molecular complexity index is 828. The van der Waals surface area contributed by atoms with E-state index in [9.17, 15) is 9.59 Å². The second-order valence-corrected chi connectivity index (χ2v) is 7.64. The van der Waals surface area contributed by atoms with E-state index in [4.69, 9.17) is 4.74 Å². The molecule has 0 bridgehead atoms. The van der Waals surface area contributed by atoms with Crippen LogP contribution in [0.1, 0.15) is 43.4 Å². The summed E-state index contributed by atoms with van der Waals surface area (Å²) in [6.45, 7) is 7.11. The topological polar surface area (TPSA) is 49.9 Å². The maximum atomic E-state index is 12.8. The van der Waals surface area contributed by atoms with Crippen LogP contribution in [0, 0.1) is 0 Å². The van der Waals surface area contributed by atoms with Crippen LogP contribution in [0.5, 0.6) is 5.75 Å². The predicted molar refractivity (Wildman–Crippen MR) is 109 cm³/mol. The molecule has 0 unspecified atom stereocenters. The minimum Gasteiger partial charge on any atom is -0.497 e. The van der Waals surface area contributed by atoms with E-state index in [-0.39, 0.29) is 18.4 Å². The van der Waals surface area contributed by atoms with E-state index in [2.05, 4.69) is 26.0 Å². The first-order valence-corrected chi connectivity index (χ1v) is 9.69. The molecule has 2 aromatic rings. The molecule has 0 N–H and O–H groups in total. The highest BCUT2D eigenvalue weighted by Crippen LogP contribution is 2.21. The number of methoxy groups -OCH3 is 1. The van der Waals surface area contributed by atoms with Gasteiger partial charge in [-0.15, -0.1) is 0 Å². The summed E-state index contributed by atoms with van der Waals surface area (Å²) in [6.07, 6.45) is 0. The average molecular weight is 380 g/mol. The van der Waals surface area contributed by atoms with Crippen molar-refractivity contribution in [1.29, 1.82) is 0 Å². The molecule has 28 heavy (non-hydrogen) atoms. The second-order valence-electron chi connectivity index (χ2n) is 7.64. The van der Waals surface area contributed by atoms with Crippen molar-refractivity contribution in [1.82, 2.24) is 9.80 Å². The van der Waals surface area contributed by atoms with Crippen molar-refractivity contribution in [3.63, 3.8) is 0 Å². The maximum Gasteiger partial charge on any atom is 0.245 e. The molecule has 5 nitrogen and oxygen atoms in total. The highest BCUT2D eigenvalue weighted by molar-refractivity contribution is 5.94. The Balaban J connectivity index is 1.67. The second kappa shape index (κ2) is 8.46. The lowest BCUT2D eigenvalue weighted by molar-refractivity contribution is -0.156. The number of ether oxygens (including phenoxy) is 1. The number of hydrogen-bond donors (Lipinski definition) is 0. The van der Waals surface area contributed by atoms with E-state index < -0.39 is 6.04 Å². The maximum absolute atomic E-state index is 12.8. The van der Waals surface area contributed by atoms with Crippen molar-refractivity contribution < 1.29 is 14.3 Å². The van der Waals surface area contributed by atoms with Gasteiger partial charge in [0.05, 0.1) is 7.11 Å². The van der Waals surface area contributed by atoms with Crippen molar-refractivity contribution in [2.75, 3.05) is 13.7 Å². The van der Waals surface area contributed by atoms with Gasteiger partial charge < -0.3 is 14.5 Å². The summed E-state index contributed by atoms with van der Waals surface area (Å²) in [7, 11) is 1.62. The van der Waals surface area contributed by atoms with Crippen LogP contribution >= 0.6 is 0 Å². The minimum atomic E-state index is -0.468. The van der Waals surface area contributed by atoms with Crippen LogP contribution in [0.15, 0.2) is 48.5 Å². The molecule has 1 saturated heterocycles. The fourth-order valence-electron chi connectivity index (χ4n) is 3.46. The van der Waals surface area contributed by atoms with Crippen molar-refractivity contribution in [3.8, 4) is 5.75 Å². The van der Waals surface area contributed by atoms with E-state index >= 15 is 0 Å². The van der Waals surface area contributed by atoms with Gasteiger partial charge in [0.25, 0.3) is 0 Å². The Hall–Kier alpha value is -2.82. The SMILES string of the molecule is COc1ccc(CN2CC(=O)N(Cc3ccc(C(C)C)cc3)[C@@H](C)C2=O)cc1. The van der Waals surface area contributed by atoms with Crippen molar-refractivity contribution in [2.24, 2.45) is 0 Å². The first-order valence-electron chi connectivity index (χ1n) is 9.69. The van der Waals surface area contributed by atoms with Gasteiger partial charge in [-0.2, -0.15) is 0 Å². The van der Waals surface area contributed by atoms with Crippen LogP contribution in [-0.4, -0.2) is 41.3 Å². The van der Waals surface area contributed by atoms with E-state index in [0.29, 0.717) is 19.0 Å². The summed E-state index contributed by atoms with van der Waals surface area (Å²) in [6, 6.07) is 15.4. The molecule has 0 saturated carbocycles. The van der Waals surface area contributed by atoms with Gasteiger partial charge in [-0.3, -0.25) is 9.59 Å². The fraction of sp³-hybridized carbons (Fsp3) is 0.391. The number of amides is 2. The normalized spacial score (nSPS) is 17.4. The van der Waals surface area contributed by atoms with Crippen LogP contribution in [0.25, 0.3) is 0 Å². The molecule has 0 spiro atoms. The Morgan fingerprint density at radius 1 is 0.964 bits per heavy atom. The Kier molecular flexibility index (Phi) is 6.02. The van der Waals surface area contributed by atoms with E-state index in [1.54, 1.807) is 16.9 Å². The number of rotatable bonds is 6. The zero-order valence-corrected chi connectivity index (χ0v) is 17.0. The molecule has 1 aliphatic heterocycles. The molecule has 0 radical (unpaired) electrons. The molecular weight excluding hydrogens is 352 g/mol. The van der Waals surface area contributed by atoms with Crippen molar-refractivity contribution >= 4 is 11.8 Å². The molecule has 1 fully saturated rings. The third-order valence-corrected chi connectivity index (χ3v) is 5.31. The van der Waals surface area contributed by atoms with Crippen LogP contribution in [0.3, 0.4) is 0 Å². The molecular formula is C23H28N2O3. The first kappa shape index (κ1) is 19.9. The zero-order valence-electron chi connectivity index (χ0n) is 17.0. The van der Waals surface area contributed by atoms with Crippen LogP contribution in [-0.2, 0) is 22.7 Å². The van der Waals surface area contributed by atoms with Crippen molar-refractivity contribution in [3.05, 3.63) is 65.2 Å². The standard InChI is InChI=1S/C23H28N2O3/c1-16(2)20-9-5-19(6-10-20)14-25-17(3)23(27)24(15-22(25)26)13-18-7-11-21(28-4)12-8-18/h5-12,16-17H,13-15H2,1-4H3/t17-/m0/s1. The number of piperazine rings is 1. The number of carbonyl (C=O) groups is 2. The summed E-state index contributed by atoms with van der Waals surface area (Å²) in [5.74, 6) is 1.20. The van der Waals surface area contributed by atoms with E-state index in [0.717, 1.165) is 16.9 Å². The van der Waals surface area contributed by atoms with Crippen LogP contribution in [0.2, 0.25) is 0 Å².